The number of methoxy groups -OCH3 is 1. The number of hydrogen-bond acceptors (Lipinski definition) is 4. The number of nitrogens with zero attached hydrogens (tertiary/aromatic N) is 4. The van der Waals surface area contributed by atoms with Gasteiger partial charge < -0.3 is 14.2 Å². The van der Waals surface area contributed by atoms with Crippen molar-refractivity contribution in [2.45, 2.75) is 26.3 Å². The first-order valence-corrected chi connectivity index (χ1v) is 11.9. The number of ether oxygens (including phenoxy) is 1. The Morgan fingerprint density at radius 2 is 1.97 bits per heavy atom. The van der Waals surface area contributed by atoms with Gasteiger partial charge in [0.15, 0.2) is 5.78 Å². The van der Waals surface area contributed by atoms with Gasteiger partial charge in [0.25, 0.3) is 5.91 Å². The Morgan fingerprint density at radius 3 is 2.74 bits per heavy atom. The van der Waals surface area contributed by atoms with E-state index >= 15 is 0 Å². The fourth-order valence-corrected chi connectivity index (χ4v) is 4.99. The first-order chi connectivity index (χ1) is 16.9. The van der Waals surface area contributed by atoms with E-state index in [0.29, 0.717) is 50.7 Å². The van der Waals surface area contributed by atoms with E-state index in [2.05, 4.69) is 0 Å². The Hall–Kier alpha value is -3.52. The molecule has 0 radical (unpaired) electrons. The maximum absolute atomic E-state index is 13.6. The second kappa shape index (κ2) is 9.26. The standard InChI is InChI=1S/C27H29FN4O3/c1-17-21(26(33)5-4-10-35-3)7-8-23-22(17)16-32(29-23)15-18-13-31(14-18)27(34)25-12-19-11-20(28)6-9-24(19)30(25)2/h6-9,11-12,16,18H,4-5,10,13-15H2,1-3H3. The first-order valence-electron chi connectivity index (χ1n) is 11.9. The van der Waals surface area contributed by atoms with Gasteiger partial charge in [0.2, 0.25) is 0 Å². The molecule has 0 unspecified atom stereocenters. The summed E-state index contributed by atoms with van der Waals surface area (Å²) < 4.78 is 22.4. The molecule has 1 fully saturated rings. The highest BCUT2D eigenvalue weighted by molar-refractivity contribution is 6.02. The lowest BCUT2D eigenvalue weighted by molar-refractivity contribution is 0.0452. The summed E-state index contributed by atoms with van der Waals surface area (Å²) in [5, 5.41) is 6.40. The Kier molecular flexibility index (Phi) is 6.15. The third-order valence-electron chi connectivity index (χ3n) is 6.97. The minimum atomic E-state index is -0.310. The fourth-order valence-electron chi connectivity index (χ4n) is 4.99. The van der Waals surface area contributed by atoms with Crippen molar-refractivity contribution >= 4 is 33.5 Å². The predicted molar refractivity (Wildman–Crippen MR) is 132 cm³/mol. The lowest BCUT2D eigenvalue weighted by Gasteiger charge is -2.39. The zero-order valence-corrected chi connectivity index (χ0v) is 20.3. The van der Waals surface area contributed by atoms with E-state index in [1.54, 1.807) is 19.2 Å². The molecule has 0 spiro atoms. The summed E-state index contributed by atoms with van der Waals surface area (Å²) in [5.74, 6) is 0.0725. The van der Waals surface area contributed by atoms with E-state index in [1.165, 1.54) is 12.1 Å². The van der Waals surface area contributed by atoms with Gasteiger partial charge >= 0.3 is 0 Å². The Labute approximate surface area is 203 Å². The highest BCUT2D eigenvalue weighted by atomic mass is 19.1. The van der Waals surface area contributed by atoms with Crippen molar-refractivity contribution in [3.63, 3.8) is 0 Å². The zero-order chi connectivity index (χ0) is 24.7. The van der Waals surface area contributed by atoms with Crippen LogP contribution in [0.2, 0.25) is 0 Å². The van der Waals surface area contributed by atoms with Gasteiger partial charge in [0.1, 0.15) is 11.5 Å². The molecule has 35 heavy (non-hydrogen) atoms. The van der Waals surface area contributed by atoms with E-state index in [1.807, 2.05) is 46.4 Å². The highest BCUT2D eigenvalue weighted by Crippen LogP contribution is 2.27. The number of aryl methyl sites for hydroxylation is 2. The van der Waals surface area contributed by atoms with Crippen LogP contribution in [0.1, 0.15) is 39.3 Å². The van der Waals surface area contributed by atoms with Crippen LogP contribution >= 0.6 is 0 Å². The SMILES string of the molecule is COCCCC(=O)c1ccc2nn(CC3CN(C(=O)c4cc5cc(F)ccc5n4C)C3)cc2c1C. The lowest BCUT2D eigenvalue weighted by atomic mass is 9.98. The number of benzene rings is 2. The molecule has 0 N–H and O–H groups in total. The van der Waals surface area contributed by atoms with Crippen molar-refractivity contribution in [3.05, 3.63) is 65.2 Å². The van der Waals surface area contributed by atoms with Gasteiger partial charge in [-0.1, -0.05) is 0 Å². The van der Waals surface area contributed by atoms with Crippen LogP contribution in [0.25, 0.3) is 21.8 Å². The molecule has 0 aliphatic carbocycles. The van der Waals surface area contributed by atoms with Crippen LogP contribution in [0.3, 0.4) is 0 Å². The lowest BCUT2D eigenvalue weighted by Crippen LogP contribution is -2.51. The number of rotatable bonds is 8. The number of likely N-dealkylation sites (tertiary alicyclic amines) is 1. The van der Waals surface area contributed by atoms with Gasteiger partial charge in [-0.3, -0.25) is 14.3 Å². The molecule has 1 aliphatic heterocycles. The topological polar surface area (TPSA) is 69.4 Å². The molecule has 0 bridgehead atoms. The predicted octanol–water partition coefficient (Wildman–Crippen LogP) is 4.36. The Bertz CT molecular complexity index is 1430. The summed E-state index contributed by atoms with van der Waals surface area (Å²) in [7, 11) is 3.47. The fraction of sp³-hybridized carbons (Fsp3) is 0.370. The molecular formula is C27H29FN4O3. The van der Waals surface area contributed by atoms with Crippen LogP contribution in [0.4, 0.5) is 4.39 Å². The smallest absolute Gasteiger partial charge is 0.270 e. The van der Waals surface area contributed by atoms with Crippen molar-refractivity contribution in [1.29, 1.82) is 0 Å². The summed E-state index contributed by atoms with van der Waals surface area (Å²) in [6.45, 7) is 4.54. The van der Waals surface area contributed by atoms with E-state index in [0.717, 1.165) is 32.9 Å². The summed E-state index contributed by atoms with van der Waals surface area (Å²) in [4.78, 5) is 27.4. The van der Waals surface area contributed by atoms with Gasteiger partial charge in [0.05, 0.1) is 5.52 Å². The van der Waals surface area contributed by atoms with Crippen LogP contribution in [0.5, 0.6) is 0 Å². The largest absolute Gasteiger partial charge is 0.385 e. The monoisotopic (exact) mass is 476 g/mol. The molecule has 182 valence electrons. The maximum atomic E-state index is 13.6. The van der Waals surface area contributed by atoms with Gasteiger partial charge in [0, 0.05) is 80.8 Å². The number of Topliss-reactive ketones (excluding diaryl/α,β-unsaturated/α-hetero) is 1. The number of amides is 1. The molecule has 5 rings (SSSR count). The number of hydrogen-bond donors (Lipinski definition) is 0. The second-order valence-corrected chi connectivity index (χ2v) is 9.41. The Morgan fingerprint density at radius 1 is 1.17 bits per heavy atom. The summed E-state index contributed by atoms with van der Waals surface area (Å²) in [6, 6.07) is 10.1. The van der Waals surface area contributed by atoms with Crippen molar-refractivity contribution in [2.75, 3.05) is 26.8 Å². The van der Waals surface area contributed by atoms with E-state index < -0.39 is 0 Å². The van der Waals surface area contributed by atoms with E-state index in [9.17, 15) is 14.0 Å². The molecule has 0 saturated carbocycles. The highest BCUT2D eigenvalue weighted by Gasteiger charge is 2.33. The number of carbonyl (C=O) groups is 2. The number of ketones is 1. The third-order valence-corrected chi connectivity index (χ3v) is 6.97. The Balaban J connectivity index is 1.24. The van der Waals surface area contributed by atoms with Gasteiger partial charge in [-0.25, -0.2) is 4.39 Å². The third kappa shape index (κ3) is 4.34. The molecule has 7 nitrogen and oxygen atoms in total. The number of fused-ring (bicyclic) bond motifs is 2. The van der Waals surface area contributed by atoms with Crippen molar-refractivity contribution in [1.82, 2.24) is 19.2 Å². The average Bonchev–Trinajstić information content (AvgIpc) is 3.37. The molecule has 2 aromatic heterocycles. The van der Waals surface area contributed by atoms with Crippen molar-refractivity contribution in [2.24, 2.45) is 13.0 Å². The first kappa shape index (κ1) is 23.2. The molecule has 1 amide bonds. The van der Waals surface area contributed by atoms with Gasteiger partial charge in [-0.05, 0) is 55.3 Å². The van der Waals surface area contributed by atoms with Crippen LogP contribution in [0, 0.1) is 18.7 Å². The molecule has 8 heteroatoms. The van der Waals surface area contributed by atoms with Gasteiger partial charge in [-0.15, -0.1) is 0 Å². The number of halogens is 1. The summed E-state index contributed by atoms with van der Waals surface area (Å²) in [5.41, 5.74) is 3.96. The molecule has 1 saturated heterocycles. The summed E-state index contributed by atoms with van der Waals surface area (Å²) >= 11 is 0. The quantitative estimate of drug-likeness (QED) is 0.280. The van der Waals surface area contributed by atoms with Crippen LogP contribution in [-0.2, 0) is 18.3 Å². The molecule has 1 aliphatic rings. The molecule has 0 atom stereocenters. The normalized spacial score (nSPS) is 14.1. The van der Waals surface area contributed by atoms with E-state index in [-0.39, 0.29) is 17.5 Å². The van der Waals surface area contributed by atoms with Crippen molar-refractivity contribution < 1.29 is 18.7 Å². The van der Waals surface area contributed by atoms with Crippen LogP contribution in [0.15, 0.2) is 42.6 Å². The summed E-state index contributed by atoms with van der Waals surface area (Å²) in [6.07, 6.45) is 3.17. The molecule has 4 aromatic rings. The van der Waals surface area contributed by atoms with E-state index in [4.69, 9.17) is 9.84 Å². The molecule has 2 aromatic carbocycles. The number of aromatic nitrogens is 3. The minimum absolute atomic E-state index is 0.0431. The number of carbonyl (C=O) groups excluding carboxylic acids is 2. The molecular weight excluding hydrogens is 447 g/mol. The molecule has 3 heterocycles. The van der Waals surface area contributed by atoms with Gasteiger partial charge in [-0.2, -0.15) is 5.10 Å². The second-order valence-electron chi connectivity index (χ2n) is 9.41. The minimum Gasteiger partial charge on any atom is -0.385 e. The van der Waals surface area contributed by atoms with Crippen molar-refractivity contribution in [3.8, 4) is 0 Å². The van der Waals surface area contributed by atoms with Crippen LogP contribution < -0.4 is 0 Å². The zero-order valence-electron chi connectivity index (χ0n) is 20.3. The average molecular weight is 477 g/mol. The maximum Gasteiger partial charge on any atom is 0.270 e. The van der Waals surface area contributed by atoms with Crippen LogP contribution in [-0.4, -0.2) is 57.7 Å².